The molecule has 31 heavy (non-hydrogen) atoms. The molecule has 0 aliphatic heterocycles. The van der Waals surface area contributed by atoms with Crippen LogP contribution in [0.1, 0.15) is 169 Å². The van der Waals surface area contributed by atoms with E-state index in [2.05, 4.69) is 116 Å². The van der Waals surface area contributed by atoms with Crippen LogP contribution < -0.4 is 0 Å². The van der Waals surface area contributed by atoms with E-state index in [-0.39, 0.29) is 0 Å². The lowest BCUT2D eigenvalue weighted by atomic mass is 9.90. The number of rotatable bonds is 6. The summed E-state index contributed by atoms with van der Waals surface area (Å²) < 4.78 is 0. The zero-order valence-electron chi connectivity index (χ0n) is 25.5. The van der Waals surface area contributed by atoms with Gasteiger partial charge in [0.25, 0.3) is 0 Å². The van der Waals surface area contributed by atoms with Gasteiger partial charge in [0.15, 0.2) is 0 Å². The first-order valence-electron chi connectivity index (χ1n) is 13.4. The van der Waals surface area contributed by atoms with Crippen molar-refractivity contribution in [3.8, 4) is 0 Å². The Bertz CT molecular complexity index is 357. The Morgan fingerprint density at radius 1 is 0.452 bits per heavy atom. The van der Waals surface area contributed by atoms with Crippen molar-refractivity contribution in [3.05, 3.63) is 12.2 Å². The predicted octanol–water partition coefficient (Wildman–Crippen LogP) is 12.3. The minimum atomic E-state index is 0.370. The van der Waals surface area contributed by atoms with Gasteiger partial charge in [0, 0.05) is 0 Å². The van der Waals surface area contributed by atoms with Gasteiger partial charge in [0.1, 0.15) is 0 Å². The van der Waals surface area contributed by atoms with E-state index in [1.807, 2.05) is 6.92 Å². The molecule has 0 unspecified atom stereocenters. The van der Waals surface area contributed by atoms with Gasteiger partial charge in [0.05, 0.1) is 0 Å². The quantitative estimate of drug-likeness (QED) is 0.284. The van der Waals surface area contributed by atoms with Gasteiger partial charge in [-0.1, -0.05) is 155 Å². The monoisotopic (exact) mass is 441 g/mol. The smallest absolute Gasteiger partial charge is 0.0203 e. The van der Waals surface area contributed by atoms with Crippen LogP contribution in [-0.4, -0.2) is 0 Å². The molecule has 0 heterocycles. The van der Waals surface area contributed by atoms with Crippen molar-refractivity contribution >= 4 is 0 Å². The van der Waals surface area contributed by atoms with Crippen LogP contribution in [0, 0.1) is 21.7 Å². The summed E-state index contributed by atoms with van der Waals surface area (Å²) in [5.41, 5.74) is 2.02. The molecule has 0 aromatic rings. The van der Waals surface area contributed by atoms with Crippen molar-refractivity contribution < 1.29 is 0 Å². The molecular weight excluding hydrogens is 372 g/mol. The predicted molar refractivity (Wildman–Crippen MR) is 151 cm³/mol. The minimum absolute atomic E-state index is 0.370. The van der Waals surface area contributed by atoms with Gasteiger partial charge in [-0.15, -0.1) is 0 Å². The molecule has 0 atom stereocenters. The van der Waals surface area contributed by atoms with Crippen LogP contribution in [0.2, 0.25) is 0 Å². The third-order valence-corrected chi connectivity index (χ3v) is 4.48. The average Bonchev–Trinajstić information content (AvgIpc) is 2.51. The molecule has 0 nitrogen and oxygen atoms in total. The molecule has 0 rings (SSSR count). The van der Waals surface area contributed by atoms with Crippen LogP contribution in [0.15, 0.2) is 12.2 Å². The maximum Gasteiger partial charge on any atom is -0.0203 e. The molecule has 0 aromatic carbocycles. The maximum absolute atomic E-state index is 2.31. The van der Waals surface area contributed by atoms with Crippen LogP contribution >= 0.6 is 0 Å². The van der Waals surface area contributed by atoms with Crippen molar-refractivity contribution in [2.75, 3.05) is 0 Å². The van der Waals surface area contributed by atoms with Gasteiger partial charge in [-0.2, -0.15) is 0 Å². The molecular formula is C31H68. The number of hydrogen-bond donors (Lipinski definition) is 0. The number of allylic oxidation sites excluding steroid dienone is 2. The Kier molecular flexibility index (Phi) is 25.0. The van der Waals surface area contributed by atoms with Crippen molar-refractivity contribution in [3.63, 3.8) is 0 Å². The highest BCUT2D eigenvalue weighted by atomic mass is 14.1. The third kappa shape index (κ3) is 65.2. The van der Waals surface area contributed by atoms with Crippen molar-refractivity contribution in [2.45, 2.75) is 169 Å². The number of hydrogen-bond acceptors (Lipinski definition) is 0. The summed E-state index contributed by atoms with van der Waals surface area (Å²) in [6.07, 6.45) is 16.5. The zero-order valence-corrected chi connectivity index (χ0v) is 25.5. The van der Waals surface area contributed by atoms with E-state index in [9.17, 15) is 0 Å². The fourth-order valence-electron chi connectivity index (χ4n) is 2.86. The standard InChI is InChI=1S/C9H20.C8H18.C7H16.C7H14/c1-5-6-7-8-9(2,3)4;1-5-6-7-8(2,3)4;2*1-5-6-7(2,3)4/h5-8H2,1-4H3;5-7H2,1-4H3;5-6H2,1-4H3;5-6H,1-4H3/b;;;6-5+. The summed E-state index contributed by atoms with van der Waals surface area (Å²) in [6.45, 7) is 36.0. The van der Waals surface area contributed by atoms with E-state index in [1.54, 1.807) is 0 Å². The van der Waals surface area contributed by atoms with E-state index in [0.29, 0.717) is 21.7 Å². The van der Waals surface area contributed by atoms with Crippen LogP contribution in [0.25, 0.3) is 0 Å². The van der Waals surface area contributed by atoms with Crippen LogP contribution in [0.5, 0.6) is 0 Å². The Hall–Kier alpha value is -0.260. The van der Waals surface area contributed by atoms with E-state index in [0.717, 1.165) is 0 Å². The maximum atomic E-state index is 2.31. The van der Waals surface area contributed by atoms with Crippen molar-refractivity contribution in [2.24, 2.45) is 21.7 Å². The Balaban J connectivity index is -0.000000158. The van der Waals surface area contributed by atoms with Crippen LogP contribution in [-0.2, 0) is 0 Å². The highest BCUT2D eigenvalue weighted by Gasteiger charge is 2.08. The summed E-state index contributed by atoms with van der Waals surface area (Å²) >= 11 is 0. The first kappa shape index (κ1) is 38.0. The van der Waals surface area contributed by atoms with Gasteiger partial charge in [0.2, 0.25) is 0 Å². The largest absolute Gasteiger partial charge is 0.0911 e. The first-order chi connectivity index (χ1) is 13.7. The van der Waals surface area contributed by atoms with Gasteiger partial charge < -0.3 is 0 Å². The summed E-state index contributed by atoms with van der Waals surface area (Å²) in [6, 6.07) is 0. The molecule has 0 fully saturated rings. The normalized spacial score (nSPS) is 12.3. The highest BCUT2D eigenvalue weighted by Crippen LogP contribution is 2.22. The van der Waals surface area contributed by atoms with Gasteiger partial charge in [-0.3, -0.25) is 0 Å². The molecule has 0 aromatic heterocycles. The Morgan fingerprint density at radius 3 is 0.935 bits per heavy atom. The van der Waals surface area contributed by atoms with E-state index in [1.165, 1.54) is 57.8 Å². The Labute approximate surface area is 202 Å². The molecule has 0 radical (unpaired) electrons. The van der Waals surface area contributed by atoms with Crippen molar-refractivity contribution in [1.82, 2.24) is 0 Å². The lowest BCUT2D eigenvalue weighted by molar-refractivity contribution is 0.359. The molecule has 0 bridgehead atoms. The molecule has 192 valence electrons. The average molecular weight is 441 g/mol. The number of unbranched alkanes of at least 4 members (excludes halogenated alkanes) is 3. The summed E-state index contributed by atoms with van der Waals surface area (Å²) in [5.74, 6) is 0. The van der Waals surface area contributed by atoms with Crippen molar-refractivity contribution in [1.29, 1.82) is 0 Å². The molecule has 0 N–H and O–H groups in total. The minimum Gasteiger partial charge on any atom is -0.0911 e. The third-order valence-electron chi connectivity index (χ3n) is 4.48. The van der Waals surface area contributed by atoms with Crippen LogP contribution in [0.3, 0.4) is 0 Å². The van der Waals surface area contributed by atoms with Gasteiger partial charge >= 0.3 is 0 Å². The molecule has 0 aliphatic rings. The van der Waals surface area contributed by atoms with E-state index in [4.69, 9.17) is 0 Å². The topological polar surface area (TPSA) is 0 Å². The van der Waals surface area contributed by atoms with E-state index >= 15 is 0 Å². The molecule has 0 spiro atoms. The molecule has 0 saturated carbocycles. The molecule has 0 amide bonds. The lowest BCUT2D eigenvalue weighted by Gasteiger charge is -2.16. The van der Waals surface area contributed by atoms with Crippen LogP contribution in [0.4, 0.5) is 0 Å². The fourth-order valence-corrected chi connectivity index (χ4v) is 2.86. The summed E-state index contributed by atoms with van der Waals surface area (Å²) in [5, 5.41) is 0. The van der Waals surface area contributed by atoms with Gasteiger partial charge in [-0.05, 0) is 47.8 Å². The summed E-state index contributed by atoms with van der Waals surface area (Å²) in [7, 11) is 0. The Morgan fingerprint density at radius 2 is 0.806 bits per heavy atom. The zero-order chi connectivity index (χ0) is 25.8. The first-order valence-corrected chi connectivity index (χ1v) is 13.4. The second kappa shape index (κ2) is 20.4. The SMILES string of the molecule is C/C=C/C(C)(C)C.CCCC(C)(C)C.CCCCC(C)(C)C.CCCCCC(C)(C)C. The molecule has 0 aliphatic carbocycles. The fraction of sp³-hybridized carbons (Fsp3) is 0.935. The van der Waals surface area contributed by atoms with Gasteiger partial charge in [-0.25, -0.2) is 0 Å². The van der Waals surface area contributed by atoms with E-state index < -0.39 is 0 Å². The molecule has 0 heteroatoms. The molecule has 0 saturated heterocycles. The summed E-state index contributed by atoms with van der Waals surface area (Å²) in [4.78, 5) is 0. The lowest BCUT2D eigenvalue weighted by Crippen LogP contribution is -2.03. The second-order valence-electron chi connectivity index (χ2n) is 13.9. The highest BCUT2D eigenvalue weighted by molar-refractivity contribution is 4.89. The second-order valence-corrected chi connectivity index (χ2v) is 13.9.